The van der Waals surface area contributed by atoms with Crippen LogP contribution in [0.1, 0.15) is 33.8 Å². The quantitative estimate of drug-likeness (QED) is 0.883. The molecule has 2 atom stereocenters. The Balaban J connectivity index is 1.69. The molecule has 5 nitrogen and oxygen atoms in total. The first-order valence-corrected chi connectivity index (χ1v) is 7.78. The zero-order valence-corrected chi connectivity index (χ0v) is 13.6. The van der Waals surface area contributed by atoms with E-state index in [-0.39, 0.29) is 23.3 Å². The van der Waals surface area contributed by atoms with Crippen LogP contribution in [0.15, 0.2) is 42.5 Å². The number of hydrogen-bond acceptors (Lipinski definition) is 3. The van der Waals surface area contributed by atoms with Crippen LogP contribution in [-0.2, 0) is 4.79 Å². The number of carboxylic acids is 1. The van der Waals surface area contributed by atoms with Gasteiger partial charge in [0.25, 0.3) is 0 Å². The number of carbonyl (C=O) groups excluding carboxylic acids is 1. The number of ether oxygens (including phenoxy) is 1. The van der Waals surface area contributed by atoms with Crippen LogP contribution >= 0.6 is 0 Å². The van der Waals surface area contributed by atoms with Gasteiger partial charge < -0.3 is 15.2 Å². The molecule has 5 heteroatoms. The third kappa shape index (κ3) is 3.25. The molecule has 3 rings (SSSR count). The van der Waals surface area contributed by atoms with Crippen LogP contribution in [0.4, 0.5) is 5.69 Å². The number of methoxy groups -OCH3 is 1. The molecular formula is C19H19NO4. The number of aryl methyl sites for hydroxylation is 1. The van der Waals surface area contributed by atoms with Crippen LogP contribution in [0.3, 0.4) is 0 Å². The van der Waals surface area contributed by atoms with E-state index in [0.717, 1.165) is 17.7 Å². The summed E-state index contributed by atoms with van der Waals surface area (Å²) in [4.78, 5) is 23.6. The van der Waals surface area contributed by atoms with E-state index < -0.39 is 5.97 Å². The molecule has 24 heavy (non-hydrogen) atoms. The van der Waals surface area contributed by atoms with Gasteiger partial charge in [-0.05, 0) is 54.7 Å². The number of carbonyl (C=O) groups is 2. The molecule has 2 aromatic rings. The number of aromatic carboxylic acids is 1. The van der Waals surface area contributed by atoms with Crippen molar-refractivity contribution in [3.8, 4) is 5.75 Å². The van der Waals surface area contributed by atoms with Gasteiger partial charge in [-0.15, -0.1) is 0 Å². The van der Waals surface area contributed by atoms with Crippen LogP contribution in [0.2, 0.25) is 0 Å². The molecule has 1 aliphatic rings. The van der Waals surface area contributed by atoms with Crippen molar-refractivity contribution in [2.45, 2.75) is 19.3 Å². The van der Waals surface area contributed by atoms with Crippen LogP contribution in [0.25, 0.3) is 0 Å². The Morgan fingerprint density at radius 1 is 1.21 bits per heavy atom. The van der Waals surface area contributed by atoms with Crippen molar-refractivity contribution in [1.29, 1.82) is 0 Å². The molecular weight excluding hydrogens is 306 g/mol. The highest BCUT2D eigenvalue weighted by atomic mass is 16.5. The lowest BCUT2D eigenvalue weighted by Gasteiger charge is -2.08. The van der Waals surface area contributed by atoms with Crippen LogP contribution in [-0.4, -0.2) is 24.1 Å². The number of benzene rings is 2. The number of anilines is 1. The molecule has 2 unspecified atom stereocenters. The van der Waals surface area contributed by atoms with Gasteiger partial charge in [-0.3, -0.25) is 4.79 Å². The van der Waals surface area contributed by atoms with Gasteiger partial charge in [-0.1, -0.05) is 18.2 Å². The summed E-state index contributed by atoms with van der Waals surface area (Å²) in [5, 5.41) is 12.0. The summed E-state index contributed by atoms with van der Waals surface area (Å²) in [5.41, 5.74) is 2.47. The SMILES string of the molecule is COc1cccc(C2CC2C(=O)Nc2ccc(C)c(C(=O)O)c2)c1. The lowest BCUT2D eigenvalue weighted by molar-refractivity contribution is -0.117. The maximum Gasteiger partial charge on any atom is 0.336 e. The highest BCUT2D eigenvalue weighted by Gasteiger charge is 2.44. The topological polar surface area (TPSA) is 75.6 Å². The number of rotatable bonds is 5. The van der Waals surface area contributed by atoms with E-state index in [4.69, 9.17) is 9.84 Å². The third-order valence-electron chi connectivity index (χ3n) is 4.38. The predicted octanol–water partition coefficient (Wildman–Crippen LogP) is 3.44. The molecule has 0 heterocycles. The smallest absolute Gasteiger partial charge is 0.336 e. The van der Waals surface area contributed by atoms with E-state index in [1.165, 1.54) is 6.07 Å². The molecule has 0 saturated heterocycles. The number of carboxylic acid groups (broad SMARTS) is 1. The van der Waals surface area contributed by atoms with Gasteiger partial charge in [0.1, 0.15) is 5.75 Å². The first kappa shape index (κ1) is 16.1. The summed E-state index contributed by atoms with van der Waals surface area (Å²) in [6.45, 7) is 1.73. The highest BCUT2D eigenvalue weighted by Crippen LogP contribution is 2.48. The second-order valence-corrected chi connectivity index (χ2v) is 6.05. The molecule has 1 saturated carbocycles. The lowest BCUT2D eigenvalue weighted by Crippen LogP contribution is -2.15. The van der Waals surface area contributed by atoms with Gasteiger partial charge in [0, 0.05) is 11.6 Å². The largest absolute Gasteiger partial charge is 0.497 e. The van der Waals surface area contributed by atoms with Gasteiger partial charge >= 0.3 is 5.97 Å². The van der Waals surface area contributed by atoms with Crippen molar-refractivity contribution in [3.63, 3.8) is 0 Å². The summed E-state index contributed by atoms with van der Waals surface area (Å²) in [7, 11) is 1.62. The summed E-state index contributed by atoms with van der Waals surface area (Å²) in [6.07, 6.45) is 0.788. The number of nitrogens with one attached hydrogen (secondary N) is 1. The van der Waals surface area contributed by atoms with Gasteiger partial charge in [0.2, 0.25) is 5.91 Å². The molecule has 0 radical (unpaired) electrons. The lowest BCUT2D eigenvalue weighted by atomic mass is 10.1. The minimum atomic E-state index is -0.996. The van der Waals surface area contributed by atoms with Crippen LogP contribution in [0, 0.1) is 12.8 Å². The minimum Gasteiger partial charge on any atom is -0.497 e. The maximum absolute atomic E-state index is 12.4. The average Bonchev–Trinajstić information content (AvgIpc) is 3.37. The van der Waals surface area contributed by atoms with Gasteiger partial charge in [-0.2, -0.15) is 0 Å². The molecule has 1 aliphatic carbocycles. The number of hydrogen-bond donors (Lipinski definition) is 2. The molecule has 2 N–H and O–H groups in total. The standard InChI is InChI=1S/C19H19NO4/c1-11-6-7-13(9-15(11)19(22)23)20-18(21)17-10-16(17)12-4-3-5-14(8-12)24-2/h3-9,16-17H,10H2,1-2H3,(H,20,21)(H,22,23). The monoisotopic (exact) mass is 325 g/mol. The second kappa shape index (κ2) is 6.35. The Bertz CT molecular complexity index is 800. The Morgan fingerprint density at radius 3 is 2.71 bits per heavy atom. The van der Waals surface area contributed by atoms with Gasteiger partial charge in [0.05, 0.1) is 12.7 Å². The van der Waals surface area contributed by atoms with Crippen LogP contribution in [0.5, 0.6) is 5.75 Å². The first-order valence-electron chi connectivity index (χ1n) is 7.78. The maximum atomic E-state index is 12.4. The fourth-order valence-electron chi connectivity index (χ4n) is 2.89. The molecule has 0 aromatic heterocycles. The Hall–Kier alpha value is -2.82. The molecule has 2 aromatic carbocycles. The Kier molecular flexibility index (Phi) is 4.25. The zero-order chi connectivity index (χ0) is 17.3. The van der Waals surface area contributed by atoms with E-state index >= 15 is 0 Å². The van der Waals surface area contributed by atoms with Crippen molar-refractivity contribution in [2.75, 3.05) is 12.4 Å². The predicted molar refractivity (Wildman–Crippen MR) is 90.6 cm³/mol. The van der Waals surface area contributed by atoms with E-state index in [1.54, 1.807) is 26.2 Å². The molecule has 0 spiro atoms. The molecule has 0 bridgehead atoms. The average molecular weight is 325 g/mol. The summed E-state index contributed by atoms with van der Waals surface area (Å²) >= 11 is 0. The highest BCUT2D eigenvalue weighted by molar-refractivity contribution is 5.97. The molecule has 1 amide bonds. The van der Waals surface area contributed by atoms with E-state index in [1.807, 2.05) is 24.3 Å². The normalized spacial score (nSPS) is 18.8. The summed E-state index contributed by atoms with van der Waals surface area (Å²) in [6, 6.07) is 12.7. The summed E-state index contributed by atoms with van der Waals surface area (Å²) < 4.78 is 5.21. The van der Waals surface area contributed by atoms with Gasteiger partial charge in [-0.25, -0.2) is 4.79 Å². The summed E-state index contributed by atoms with van der Waals surface area (Å²) in [5.74, 6) is -0.202. The third-order valence-corrected chi connectivity index (χ3v) is 4.38. The molecule has 0 aliphatic heterocycles. The number of amides is 1. The molecule has 1 fully saturated rings. The fourth-order valence-corrected chi connectivity index (χ4v) is 2.89. The zero-order valence-electron chi connectivity index (χ0n) is 13.6. The molecule has 124 valence electrons. The Labute approximate surface area is 140 Å². The van der Waals surface area contributed by atoms with E-state index in [9.17, 15) is 9.59 Å². The van der Waals surface area contributed by atoms with Crippen molar-refractivity contribution >= 4 is 17.6 Å². The second-order valence-electron chi connectivity index (χ2n) is 6.05. The fraction of sp³-hybridized carbons (Fsp3) is 0.263. The van der Waals surface area contributed by atoms with E-state index in [0.29, 0.717) is 11.3 Å². The van der Waals surface area contributed by atoms with Crippen LogP contribution < -0.4 is 10.1 Å². The first-order chi connectivity index (χ1) is 11.5. The van der Waals surface area contributed by atoms with Gasteiger partial charge in [0.15, 0.2) is 0 Å². The minimum absolute atomic E-state index is 0.0805. The Morgan fingerprint density at radius 2 is 2.00 bits per heavy atom. The van der Waals surface area contributed by atoms with Crippen molar-refractivity contribution in [3.05, 3.63) is 59.2 Å². The van der Waals surface area contributed by atoms with Crippen molar-refractivity contribution in [1.82, 2.24) is 0 Å². The van der Waals surface area contributed by atoms with Crippen molar-refractivity contribution < 1.29 is 19.4 Å². The van der Waals surface area contributed by atoms with E-state index in [2.05, 4.69) is 5.32 Å². The van der Waals surface area contributed by atoms with Crippen molar-refractivity contribution in [2.24, 2.45) is 5.92 Å².